The minimum absolute atomic E-state index is 0.462. The minimum atomic E-state index is -5.82. The molecule has 4 aromatic rings. The summed E-state index contributed by atoms with van der Waals surface area (Å²) in [5, 5.41) is 0. The van der Waals surface area contributed by atoms with Crippen LogP contribution in [0.3, 0.4) is 0 Å². The Balaban J connectivity index is 1.96. The van der Waals surface area contributed by atoms with Crippen molar-refractivity contribution >= 4 is 30.4 Å². The first-order valence-electron chi connectivity index (χ1n) is 9.78. The topological polar surface area (TPSA) is 43.4 Å². The molecule has 0 aliphatic rings. The molecular formula is C25H18F3IO3S. The van der Waals surface area contributed by atoms with Crippen molar-refractivity contribution in [2.45, 2.75) is 5.51 Å². The van der Waals surface area contributed by atoms with Crippen LogP contribution in [-0.4, -0.2) is 13.9 Å². The quantitative estimate of drug-likeness (QED) is 0.177. The first-order valence-corrected chi connectivity index (χ1v) is 14.2. The van der Waals surface area contributed by atoms with Crippen LogP contribution in [0.4, 0.5) is 13.2 Å². The van der Waals surface area contributed by atoms with Crippen molar-refractivity contribution in [3.05, 3.63) is 116 Å². The molecule has 0 heterocycles. The Bertz CT molecular complexity index is 1260. The molecule has 0 aliphatic heterocycles. The molecular weight excluding hydrogens is 564 g/mol. The fourth-order valence-corrected chi connectivity index (χ4v) is 10.5. The SMILES string of the molecule is O=S(=O)(OI(c1ccccc1-c1ccccc1)c1ccccc1-c1ccccc1)C(F)(F)F. The first kappa shape index (κ1) is 23.5. The summed E-state index contributed by atoms with van der Waals surface area (Å²) in [4.78, 5) is 0. The molecule has 0 N–H and O–H groups in total. The van der Waals surface area contributed by atoms with E-state index < -0.39 is 35.9 Å². The standard InChI is InChI=1S/C25H18F3IO3S/c26-25(27,28)33(30,31)32-29(23-17-9-7-15-21(23)19-11-3-1-4-12-19)24-18-10-8-16-22(24)20-13-5-2-6-14-20/h1-18H. The van der Waals surface area contributed by atoms with Gasteiger partial charge in [-0.2, -0.15) is 0 Å². The fourth-order valence-electron chi connectivity index (χ4n) is 3.22. The third-order valence-electron chi connectivity index (χ3n) is 4.72. The Morgan fingerprint density at radius 1 is 0.576 bits per heavy atom. The molecule has 0 fully saturated rings. The summed E-state index contributed by atoms with van der Waals surface area (Å²) < 4.78 is 70.6. The summed E-state index contributed by atoms with van der Waals surface area (Å²) >= 11 is -3.64. The number of hydrogen-bond acceptors (Lipinski definition) is 3. The molecule has 0 saturated carbocycles. The second kappa shape index (κ2) is 9.66. The maximum absolute atomic E-state index is 13.4. The molecule has 33 heavy (non-hydrogen) atoms. The molecule has 0 bridgehead atoms. The van der Waals surface area contributed by atoms with Gasteiger partial charge >= 0.3 is 199 Å². The summed E-state index contributed by atoms with van der Waals surface area (Å²) in [7, 11) is -5.82. The van der Waals surface area contributed by atoms with E-state index >= 15 is 0 Å². The summed E-state index contributed by atoms with van der Waals surface area (Å²) in [6.45, 7) is 0. The summed E-state index contributed by atoms with van der Waals surface area (Å²) in [5.41, 5.74) is -2.71. The summed E-state index contributed by atoms with van der Waals surface area (Å²) in [6.07, 6.45) is 0. The Kier molecular flexibility index (Phi) is 6.87. The van der Waals surface area contributed by atoms with E-state index in [4.69, 9.17) is 2.51 Å². The van der Waals surface area contributed by atoms with Crippen LogP contribution in [0.5, 0.6) is 0 Å². The summed E-state index contributed by atoms with van der Waals surface area (Å²) in [6, 6.07) is 32.0. The molecule has 170 valence electrons. The van der Waals surface area contributed by atoms with Gasteiger partial charge in [-0.05, 0) is 0 Å². The Morgan fingerprint density at radius 3 is 1.33 bits per heavy atom. The van der Waals surface area contributed by atoms with Gasteiger partial charge in [0.05, 0.1) is 0 Å². The van der Waals surface area contributed by atoms with Crippen molar-refractivity contribution in [2.75, 3.05) is 0 Å². The zero-order chi connectivity index (χ0) is 23.5. The average Bonchev–Trinajstić information content (AvgIpc) is 2.83. The normalized spacial score (nSPS) is 12.4. The molecule has 0 aliphatic carbocycles. The van der Waals surface area contributed by atoms with E-state index in [1.54, 1.807) is 48.5 Å². The number of halogens is 4. The zero-order valence-electron chi connectivity index (χ0n) is 17.0. The molecule has 0 spiro atoms. The van der Waals surface area contributed by atoms with Crippen molar-refractivity contribution in [3.8, 4) is 22.3 Å². The molecule has 3 nitrogen and oxygen atoms in total. The van der Waals surface area contributed by atoms with Gasteiger partial charge in [-0.3, -0.25) is 0 Å². The third-order valence-corrected chi connectivity index (χ3v) is 12.1. The van der Waals surface area contributed by atoms with Gasteiger partial charge in [-0.15, -0.1) is 0 Å². The van der Waals surface area contributed by atoms with Crippen LogP contribution in [0.25, 0.3) is 22.3 Å². The number of rotatable bonds is 6. The molecule has 0 unspecified atom stereocenters. The first-order chi connectivity index (χ1) is 15.8. The van der Waals surface area contributed by atoms with Gasteiger partial charge < -0.3 is 0 Å². The second-order valence-corrected chi connectivity index (χ2v) is 13.2. The van der Waals surface area contributed by atoms with Gasteiger partial charge in [0.2, 0.25) is 0 Å². The van der Waals surface area contributed by atoms with Gasteiger partial charge in [0.1, 0.15) is 0 Å². The predicted molar refractivity (Wildman–Crippen MR) is 131 cm³/mol. The van der Waals surface area contributed by atoms with Crippen LogP contribution in [0.1, 0.15) is 0 Å². The van der Waals surface area contributed by atoms with Gasteiger partial charge in [0.15, 0.2) is 0 Å². The molecule has 0 aromatic heterocycles. The summed E-state index contributed by atoms with van der Waals surface area (Å²) in [5.74, 6) is 0. The van der Waals surface area contributed by atoms with Gasteiger partial charge in [0, 0.05) is 0 Å². The fraction of sp³-hybridized carbons (Fsp3) is 0.0400. The van der Waals surface area contributed by atoms with Crippen LogP contribution < -0.4 is 0 Å². The molecule has 0 atom stereocenters. The Labute approximate surface area is 197 Å². The number of benzene rings is 4. The third kappa shape index (κ3) is 5.13. The van der Waals surface area contributed by atoms with Crippen LogP contribution >= 0.6 is 20.2 Å². The van der Waals surface area contributed by atoms with Crippen molar-refractivity contribution in [3.63, 3.8) is 0 Å². The molecule has 0 radical (unpaired) electrons. The van der Waals surface area contributed by atoms with Crippen molar-refractivity contribution in [1.82, 2.24) is 0 Å². The molecule has 4 rings (SSSR count). The van der Waals surface area contributed by atoms with Crippen molar-refractivity contribution in [1.29, 1.82) is 0 Å². The van der Waals surface area contributed by atoms with E-state index in [0.717, 1.165) is 11.1 Å². The van der Waals surface area contributed by atoms with E-state index in [2.05, 4.69) is 0 Å². The maximum atomic E-state index is 13.4. The predicted octanol–water partition coefficient (Wildman–Crippen LogP) is 7.35. The monoisotopic (exact) mass is 582 g/mol. The Hall–Kier alpha value is -2.69. The van der Waals surface area contributed by atoms with Crippen LogP contribution in [0.2, 0.25) is 0 Å². The van der Waals surface area contributed by atoms with Gasteiger partial charge in [-0.1, -0.05) is 0 Å². The van der Waals surface area contributed by atoms with Crippen LogP contribution in [0, 0.1) is 7.14 Å². The van der Waals surface area contributed by atoms with Gasteiger partial charge in [-0.25, -0.2) is 0 Å². The molecule has 0 saturated heterocycles. The molecule has 4 aromatic carbocycles. The van der Waals surface area contributed by atoms with E-state index in [1.165, 1.54) is 0 Å². The van der Waals surface area contributed by atoms with Gasteiger partial charge in [0.25, 0.3) is 0 Å². The number of hydrogen-bond donors (Lipinski definition) is 0. The number of alkyl halides is 3. The van der Waals surface area contributed by atoms with E-state index in [-0.39, 0.29) is 0 Å². The Morgan fingerprint density at radius 2 is 0.939 bits per heavy atom. The van der Waals surface area contributed by atoms with E-state index in [9.17, 15) is 21.6 Å². The van der Waals surface area contributed by atoms with Crippen molar-refractivity contribution in [2.24, 2.45) is 0 Å². The van der Waals surface area contributed by atoms with E-state index in [0.29, 0.717) is 18.3 Å². The zero-order valence-corrected chi connectivity index (χ0v) is 20.0. The molecule has 0 amide bonds. The molecule has 8 heteroatoms. The van der Waals surface area contributed by atoms with Crippen molar-refractivity contribution < 1.29 is 24.1 Å². The van der Waals surface area contributed by atoms with Crippen LogP contribution in [-0.2, 0) is 12.6 Å². The van der Waals surface area contributed by atoms with E-state index in [1.807, 2.05) is 60.7 Å². The average molecular weight is 582 g/mol. The van der Waals surface area contributed by atoms with Crippen LogP contribution in [0.15, 0.2) is 109 Å². The second-order valence-electron chi connectivity index (χ2n) is 6.90.